The lowest BCUT2D eigenvalue weighted by Gasteiger charge is -2.26. The van der Waals surface area contributed by atoms with E-state index in [0.717, 1.165) is 30.2 Å². The molecule has 4 heteroatoms. The Morgan fingerprint density at radius 3 is 2.55 bits per heavy atom. The zero-order chi connectivity index (χ0) is 14.6. The van der Waals surface area contributed by atoms with Crippen LogP contribution in [0.4, 0.5) is 5.69 Å². The molecule has 0 fully saturated rings. The standard InChI is InChI=1S/C16H23N3S/c1-12-19-15(10-20-12)8-9-18-11-16(2,3)13-4-6-14(17)7-5-13/h4-7,10,18H,8-9,11,17H2,1-3H3. The minimum atomic E-state index is 0.103. The minimum absolute atomic E-state index is 0.103. The van der Waals surface area contributed by atoms with Crippen LogP contribution in [-0.2, 0) is 11.8 Å². The molecule has 1 aromatic heterocycles. The Hall–Kier alpha value is -1.39. The topological polar surface area (TPSA) is 50.9 Å². The third-order valence-electron chi connectivity index (χ3n) is 3.48. The van der Waals surface area contributed by atoms with Crippen molar-refractivity contribution in [2.75, 3.05) is 18.8 Å². The van der Waals surface area contributed by atoms with E-state index in [-0.39, 0.29) is 5.41 Å². The fourth-order valence-corrected chi connectivity index (χ4v) is 2.82. The van der Waals surface area contributed by atoms with Crippen molar-refractivity contribution in [1.82, 2.24) is 10.3 Å². The minimum Gasteiger partial charge on any atom is -0.399 e. The van der Waals surface area contributed by atoms with Gasteiger partial charge < -0.3 is 11.1 Å². The molecule has 0 aliphatic rings. The first-order valence-electron chi connectivity index (χ1n) is 6.95. The molecule has 0 spiro atoms. The highest BCUT2D eigenvalue weighted by Crippen LogP contribution is 2.23. The molecule has 1 aromatic carbocycles. The molecule has 0 saturated heterocycles. The normalized spacial score (nSPS) is 11.8. The van der Waals surface area contributed by atoms with E-state index < -0.39 is 0 Å². The molecule has 0 amide bonds. The summed E-state index contributed by atoms with van der Waals surface area (Å²) < 4.78 is 0. The molecule has 0 bridgehead atoms. The Kier molecular flexibility index (Phi) is 4.78. The van der Waals surface area contributed by atoms with Crippen molar-refractivity contribution in [3.05, 3.63) is 45.9 Å². The van der Waals surface area contributed by atoms with Gasteiger partial charge in [0.1, 0.15) is 0 Å². The Labute approximate surface area is 125 Å². The SMILES string of the molecule is Cc1nc(CCNCC(C)(C)c2ccc(N)cc2)cs1. The number of aryl methyl sites for hydroxylation is 1. The molecule has 3 N–H and O–H groups in total. The second-order valence-electron chi connectivity index (χ2n) is 5.79. The van der Waals surface area contributed by atoms with Gasteiger partial charge in [-0.15, -0.1) is 11.3 Å². The van der Waals surface area contributed by atoms with Gasteiger partial charge in [-0.1, -0.05) is 26.0 Å². The van der Waals surface area contributed by atoms with Gasteiger partial charge in [-0.3, -0.25) is 0 Å². The van der Waals surface area contributed by atoms with Crippen LogP contribution < -0.4 is 11.1 Å². The summed E-state index contributed by atoms with van der Waals surface area (Å²) in [5, 5.41) is 6.81. The number of rotatable bonds is 6. The first-order chi connectivity index (χ1) is 9.47. The van der Waals surface area contributed by atoms with E-state index in [1.165, 1.54) is 11.3 Å². The van der Waals surface area contributed by atoms with Crippen LogP contribution in [0, 0.1) is 6.92 Å². The van der Waals surface area contributed by atoms with Crippen LogP contribution in [-0.4, -0.2) is 18.1 Å². The van der Waals surface area contributed by atoms with Crippen molar-refractivity contribution >= 4 is 17.0 Å². The fraction of sp³-hybridized carbons (Fsp3) is 0.438. The van der Waals surface area contributed by atoms with Gasteiger partial charge in [0, 0.05) is 36.0 Å². The Morgan fingerprint density at radius 2 is 1.95 bits per heavy atom. The van der Waals surface area contributed by atoms with Gasteiger partial charge in [0.2, 0.25) is 0 Å². The van der Waals surface area contributed by atoms with E-state index in [1.807, 2.05) is 19.1 Å². The van der Waals surface area contributed by atoms with Crippen molar-refractivity contribution < 1.29 is 0 Å². The van der Waals surface area contributed by atoms with E-state index in [1.54, 1.807) is 11.3 Å². The summed E-state index contributed by atoms with van der Waals surface area (Å²) >= 11 is 1.72. The van der Waals surface area contributed by atoms with Crippen molar-refractivity contribution in [2.24, 2.45) is 0 Å². The van der Waals surface area contributed by atoms with E-state index in [4.69, 9.17) is 5.73 Å². The average molecular weight is 289 g/mol. The number of aromatic nitrogens is 1. The molecule has 0 aliphatic carbocycles. The molecular formula is C16H23N3S. The number of nitrogen functional groups attached to an aromatic ring is 1. The highest BCUT2D eigenvalue weighted by atomic mass is 32.1. The second kappa shape index (κ2) is 6.37. The molecule has 0 aliphatic heterocycles. The summed E-state index contributed by atoms with van der Waals surface area (Å²) in [6.07, 6.45) is 0.988. The quantitative estimate of drug-likeness (QED) is 0.634. The number of nitrogens with one attached hydrogen (secondary N) is 1. The summed E-state index contributed by atoms with van der Waals surface area (Å²) in [7, 11) is 0. The van der Waals surface area contributed by atoms with Gasteiger partial charge in [0.25, 0.3) is 0 Å². The predicted molar refractivity (Wildman–Crippen MR) is 87.3 cm³/mol. The van der Waals surface area contributed by atoms with Crippen LogP contribution >= 0.6 is 11.3 Å². The first-order valence-corrected chi connectivity index (χ1v) is 7.83. The number of hydrogen-bond donors (Lipinski definition) is 2. The van der Waals surface area contributed by atoms with Crippen LogP contribution in [0.25, 0.3) is 0 Å². The lowest BCUT2D eigenvalue weighted by molar-refractivity contribution is 0.471. The van der Waals surface area contributed by atoms with Crippen molar-refractivity contribution in [3.63, 3.8) is 0 Å². The lowest BCUT2D eigenvalue weighted by atomic mass is 9.84. The number of benzene rings is 1. The first kappa shape index (κ1) is 15.0. The Balaban J connectivity index is 1.81. The molecular weight excluding hydrogens is 266 g/mol. The van der Waals surface area contributed by atoms with E-state index in [0.29, 0.717) is 0 Å². The molecule has 1 heterocycles. The summed E-state index contributed by atoms with van der Waals surface area (Å²) in [6.45, 7) is 8.45. The van der Waals surface area contributed by atoms with Crippen LogP contribution in [0.1, 0.15) is 30.1 Å². The highest BCUT2D eigenvalue weighted by molar-refractivity contribution is 7.09. The van der Waals surface area contributed by atoms with E-state index in [2.05, 4.69) is 41.7 Å². The highest BCUT2D eigenvalue weighted by Gasteiger charge is 2.19. The van der Waals surface area contributed by atoms with Gasteiger partial charge in [0.15, 0.2) is 0 Å². The number of hydrogen-bond acceptors (Lipinski definition) is 4. The smallest absolute Gasteiger partial charge is 0.0897 e. The van der Waals surface area contributed by atoms with Gasteiger partial charge in [0.05, 0.1) is 10.7 Å². The molecule has 0 radical (unpaired) electrons. The zero-order valence-electron chi connectivity index (χ0n) is 12.4. The molecule has 20 heavy (non-hydrogen) atoms. The van der Waals surface area contributed by atoms with E-state index in [9.17, 15) is 0 Å². The van der Waals surface area contributed by atoms with Crippen LogP contribution in [0.2, 0.25) is 0 Å². The van der Waals surface area contributed by atoms with Crippen molar-refractivity contribution in [3.8, 4) is 0 Å². The van der Waals surface area contributed by atoms with Crippen LogP contribution in [0.5, 0.6) is 0 Å². The van der Waals surface area contributed by atoms with Crippen LogP contribution in [0.15, 0.2) is 29.6 Å². The predicted octanol–water partition coefficient (Wildman–Crippen LogP) is 3.14. The Bertz CT molecular complexity index is 543. The number of nitrogens with two attached hydrogens (primary N) is 1. The molecule has 108 valence electrons. The summed E-state index contributed by atoms with van der Waals surface area (Å²) in [6, 6.07) is 8.16. The number of anilines is 1. The van der Waals surface area contributed by atoms with Crippen molar-refractivity contribution in [2.45, 2.75) is 32.6 Å². The summed E-state index contributed by atoms with van der Waals surface area (Å²) in [5.41, 5.74) is 9.15. The molecule has 2 aromatic rings. The molecule has 2 rings (SSSR count). The maximum atomic E-state index is 5.74. The van der Waals surface area contributed by atoms with Gasteiger partial charge >= 0.3 is 0 Å². The monoisotopic (exact) mass is 289 g/mol. The molecule has 0 saturated carbocycles. The van der Waals surface area contributed by atoms with E-state index >= 15 is 0 Å². The number of nitrogens with zero attached hydrogens (tertiary/aromatic N) is 1. The largest absolute Gasteiger partial charge is 0.399 e. The maximum Gasteiger partial charge on any atom is 0.0897 e. The summed E-state index contributed by atoms with van der Waals surface area (Å²) in [5.74, 6) is 0. The van der Waals surface area contributed by atoms with Gasteiger partial charge in [-0.25, -0.2) is 4.98 Å². The Morgan fingerprint density at radius 1 is 1.25 bits per heavy atom. The summed E-state index contributed by atoms with van der Waals surface area (Å²) in [4.78, 5) is 4.48. The number of thiazole rings is 1. The van der Waals surface area contributed by atoms with Crippen LogP contribution in [0.3, 0.4) is 0 Å². The lowest BCUT2D eigenvalue weighted by Crippen LogP contribution is -2.34. The molecule has 0 atom stereocenters. The second-order valence-corrected chi connectivity index (χ2v) is 6.85. The molecule has 0 unspecified atom stereocenters. The van der Waals surface area contributed by atoms with Gasteiger partial charge in [-0.2, -0.15) is 0 Å². The average Bonchev–Trinajstić information content (AvgIpc) is 2.81. The zero-order valence-corrected chi connectivity index (χ0v) is 13.3. The van der Waals surface area contributed by atoms with Gasteiger partial charge in [-0.05, 0) is 24.6 Å². The third kappa shape index (κ3) is 4.05. The van der Waals surface area contributed by atoms with Crippen molar-refractivity contribution in [1.29, 1.82) is 0 Å². The third-order valence-corrected chi connectivity index (χ3v) is 4.31. The maximum absolute atomic E-state index is 5.74. The molecule has 3 nitrogen and oxygen atoms in total. The fourth-order valence-electron chi connectivity index (χ4n) is 2.18.